The lowest BCUT2D eigenvalue weighted by Gasteiger charge is -2.31. The molecule has 2 aromatic rings. The van der Waals surface area contributed by atoms with Crippen molar-refractivity contribution in [3.05, 3.63) is 66.0 Å². The van der Waals surface area contributed by atoms with Gasteiger partial charge in [-0.3, -0.25) is 13.9 Å². The second kappa shape index (κ2) is 11.8. The molecule has 0 bridgehead atoms. The summed E-state index contributed by atoms with van der Waals surface area (Å²) in [5.41, 5.74) is 0.757. The summed E-state index contributed by atoms with van der Waals surface area (Å²) in [4.78, 5) is 27.4. The van der Waals surface area contributed by atoms with Gasteiger partial charge in [-0.15, -0.1) is 0 Å². The molecule has 0 radical (unpaired) electrons. The van der Waals surface area contributed by atoms with Gasteiger partial charge in [0, 0.05) is 13.1 Å². The Morgan fingerprint density at radius 1 is 1.00 bits per heavy atom. The largest absolute Gasteiger partial charge is 0.354 e. The number of para-hydroxylation sites is 1. The number of nitrogens with one attached hydrogen (secondary N) is 1. The number of nitrogens with zero attached hydrogens (tertiary/aromatic N) is 2. The Hall–Kier alpha value is -2.94. The number of benzene rings is 2. The van der Waals surface area contributed by atoms with Gasteiger partial charge in [0.25, 0.3) is 0 Å². The van der Waals surface area contributed by atoms with Crippen LogP contribution in [0.1, 0.15) is 26.3 Å². The Morgan fingerprint density at radius 2 is 1.61 bits per heavy atom. The van der Waals surface area contributed by atoms with Crippen molar-refractivity contribution in [2.45, 2.75) is 33.2 Å². The fourth-order valence-electron chi connectivity index (χ4n) is 3.27. The zero-order valence-electron chi connectivity index (χ0n) is 19.5. The second-order valence-electron chi connectivity index (χ2n) is 8.36. The van der Waals surface area contributed by atoms with Crippen molar-refractivity contribution in [3.8, 4) is 0 Å². The molecular formula is C24H32FN3O4S. The number of sulfonamides is 1. The van der Waals surface area contributed by atoms with Crippen LogP contribution in [0.4, 0.5) is 10.1 Å². The van der Waals surface area contributed by atoms with Crippen molar-refractivity contribution >= 4 is 27.5 Å². The minimum absolute atomic E-state index is 0.202. The Balaban J connectivity index is 2.29. The third-order valence-corrected chi connectivity index (χ3v) is 6.26. The maximum absolute atomic E-state index is 14.4. The van der Waals surface area contributed by atoms with Gasteiger partial charge >= 0.3 is 0 Å². The topological polar surface area (TPSA) is 86.8 Å². The van der Waals surface area contributed by atoms with E-state index in [0.717, 1.165) is 22.2 Å². The van der Waals surface area contributed by atoms with E-state index >= 15 is 0 Å². The van der Waals surface area contributed by atoms with Gasteiger partial charge in [0.2, 0.25) is 21.8 Å². The molecule has 9 heteroatoms. The molecule has 0 spiro atoms. The van der Waals surface area contributed by atoms with Crippen LogP contribution in [-0.2, 0) is 26.0 Å². The Labute approximate surface area is 195 Å². The van der Waals surface area contributed by atoms with E-state index < -0.39 is 34.3 Å². The number of anilines is 1. The highest BCUT2D eigenvalue weighted by molar-refractivity contribution is 7.92. The molecule has 0 heterocycles. The summed E-state index contributed by atoms with van der Waals surface area (Å²) in [6.45, 7) is 5.56. The second-order valence-corrected chi connectivity index (χ2v) is 10.3. The zero-order chi connectivity index (χ0) is 24.6. The molecule has 0 aliphatic rings. The molecule has 0 aliphatic heterocycles. The smallest absolute Gasteiger partial charge is 0.244 e. The highest BCUT2D eigenvalue weighted by atomic mass is 32.2. The number of hydrogen-bond donors (Lipinski definition) is 1. The van der Waals surface area contributed by atoms with Crippen LogP contribution >= 0.6 is 0 Å². The molecule has 2 aromatic carbocycles. The van der Waals surface area contributed by atoms with E-state index in [9.17, 15) is 22.4 Å². The standard InChI is InChI=1S/C24H32FN3O4S/c1-18(2)16-26-24(30)19(3)27(15-14-20-10-6-5-7-11-20)23(29)17-28(33(4,31)32)22-13-9-8-12-21(22)25/h5-13,18-19H,14-17H2,1-4H3,(H,26,30)/t19-/m0/s1. The van der Waals surface area contributed by atoms with Gasteiger partial charge in [-0.25, -0.2) is 12.8 Å². The molecule has 0 saturated carbocycles. The zero-order valence-corrected chi connectivity index (χ0v) is 20.3. The first-order valence-corrected chi connectivity index (χ1v) is 12.7. The molecule has 0 aliphatic carbocycles. The Kier molecular flexibility index (Phi) is 9.40. The summed E-state index contributed by atoms with van der Waals surface area (Å²) in [6.07, 6.45) is 1.40. The summed E-state index contributed by atoms with van der Waals surface area (Å²) >= 11 is 0. The summed E-state index contributed by atoms with van der Waals surface area (Å²) in [6, 6.07) is 14.0. The predicted molar refractivity (Wildman–Crippen MR) is 128 cm³/mol. The molecule has 33 heavy (non-hydrogen) atoms. The number of rotatable bonds is 11. The van der Waals surface area contributed by atoms with Crippen LogP contribution in [-0.4, -0.2) is 57.1 Å². The lowest BCUT2D eigenvalue weighted by Crippen LogP contribution is -2.52. The van der Waals surface area contributed by atoms with Gasteiger partial charge in [-0.05, 0) is 37.0 Å². The molecule has 1 atom stereocenters. The van der Waals surface area contributed by atoms with Crippen molar-refractivity contribution in [1.29, 1.82) is 0 Å². The highest BCUT2D eigenvalue weighted by Crippen LogP contribution is 2.22. The van der Waals surface area contributed by atoms with Crippen LogP contribution in [0.3, 0.4) is 0 Å². The predicted octanol–water partition coefficient (Wildman–Crippen LogP) is 2.82. The maximum Gasteiger partial charge on any atom is 0.244 e. The molecule has 0 fully saturated rings. The highest BCUT2D eigenvalue weighted by Gasteiger charge is 2.30. The van der Waals surface area contributed by atoms with E-state index in [0.29, 0.717) is 13.0 Å². The van der Waals surface area contributed by atoms with Crippen molar-refractivity contribution < 1.29 is 22.4 Å². The molecule has 2 amide bonds. The van der Waals surface area contributed by atoms with Crippen molar-refractivity contribution in [3.63, 3.8) is 0 Å². The summed E-state index contributed by atoms with van der Waals surface area (Å²) in [5, 5.41) is 2.82. The summed E-state index contributed by atoms with van der Waals surface area (Å²) < 4.78 is 39.9. The van der Waals surface area contributed by atoms with Gasteiger partial charge in [0.05, 0.1) is 11.9 Å². The maximum atomic E-state index is 14.4. The molecule has 0 unspecified atom stereocenters. The third-order valence-electron chi connectivity index (χ3n) is 5.14. The molecular weight excluding hydrogens is 445 g/mol. The Bertz CT molecular complexity index is 1040. The van der Waals surface area contributed by atoms with Gasteiger partial charge in [-0.2, -0.15) is 0 Å². The SMILES string of the molecule is CC(C)CNC(=O)[C@H](C)N(CCc1ccccc1)C(=O)CN(c1ccccc1F)S(C)(=O)=O. The number of hydrogen-bond acceptors (Lipinski definition) is 4. The minimum atomic E-state index is -3.96. The van der Waals surface area contributed by atoms with E-state index in [1.165, 1.54) is 23.1 Å². The van der Waals surface area contributed by atoms with Crippen LogP contribution in [0.2, 0.25) is 0 Å². The van der Waals surface area contributed by atoms with Crippen molar-refractivity contribution in [2.75, 3.05) is 30.2 Å². The van der Waals surface area contributed by atoms with Crippen molar-refractivity contribution in [1.82, 2.24) is 10.2 Å². The number of halogens is 1. The first-order valence-electron chi connectivity index (χ1n) is 10.8. The van der Waals surface area contributed by atoms with E-state index in [1.807, 2.05) is 44.2 Å². The fourth-order valence-corrected chi connectivity index (χ4v) is 4.12. The monoisotopic (exact) mass is 477 g/mol. The lowest BCUT2D eigenvalue weighted by molar-refractivity contribution is -0.138. The minimum Gasteiger partial charge on any atom is -0.354 e. The van der Waals surface area contributed by atoms with Gasteiger partial charge in [0.15, 0.2) is 0 Å². The Morgan fingerprint density at radius 3 is 2.18 bits per heavy atom. The average Bonchev–Trinajstić information content (AvgIpc) is 2.76. The van der Waals surface area contributed by atoms with Crippen LogP contribution in [0.5, 0.6) is 0 Å². The number of amides is 2. The van der Waals surface area contributed by atoms with Crippen LogP contribution in [0, 0.1) is 11.7 Å². The summed E-state index contributed by atoms with van der Waals surface area (Å²) in [7, 11) is -3.96. The van der Waals surface area contributed by atoms with Gasteiger partial charge in [-0.1, -0.05) is 56.3 Å². The van der Waals surface area contributed by atoms with Crippen LogP contribution in [0.25, 0.3) is 0 Å². The van der Waals surface area contributed by atoms with E-state index in [-0.39, 0.29) is 24.1 Å². The van der Waals surface area contributed by atoms with Crippen LogP contribution in [0.15, 0.2) is 54.6 Å². The van der Waals surface area contributed by atoms with Crippen molar-refractivity contribution in [2.24, 2.45) is 5.92 Å². The average molecular weight is 478 g/mol. The summed E-state index contributed by atoms with van der Waals surface area (Å²) in [5.74, 6) is -1.44. The van der Waals surface area contributed by atoms with Crippen LogP contribution < -0.4 is 9.62 Å². The first kappa shape index (κ1) is 26.3. The van der Waals surface area contributed by atoms with E-state index in [4.69, 9.17) is 0 Å². The quantitative estimate of drug-likeness (QED) is 0.539. The van der Waals surface area contributed by atoms with E-state index in [2.05, 4.69) is 5.32 Å². The first-order chi connectivity index (χ1) is 15.5. The molecule has 0 saturated heterocycles. The van der Waals surface area contributed by atoms with E-state index in [1.54, 1.807) is 6.92 Å². The lowest BCUT2D eigenvalue weighted by atomic mass is 10.1. The molecule has 0 aromatic heterocycles. The van der Waals surface area contributed by atoms with Gasteiger partial charge in [0.1, 0.15) is 18.4 Å². The molecule has 2 rings (SSSR count). The number of carbonyl (C=O) groups excluding carboxylic acids is 2. The number of carbonyl (C=O) groups is 2. The molecule has 180 valence electrons. The normalized spacial score (nSPS) is 12.3. The van der Waals surface area contributed by atoms with Gasteiger partial charge < -0.3 is 10.2 Å². The fraction of sp³-hybridized carbons (Fsp3) is 0.417. The third kappa shape index (κ3) is 7.85. The molecule has 1 N–H and O–H groups in total. The molecule has 7 nitrogen and oxygen atoms in total.